The minimum absolute atomic E-state index is 0.0612. The van der Waals surface area contributed by atoms with Gasteiger partial charge in [0.25, 0.3) is 17.5 Å². The van der Waals surface area contributed by atoms with Crippen LogP contribution in [0.5, 0.6) is 0 Å². The van der Waals surface area contributed by atoms with Crippen LogP contribution in [0.4, 0.5) is 5.69 Å². The fourth-order valence-electron chi connectivity index (χ4n) is 3.21. The zero-order valence-electron chi connectivity index (χ0n) is 16.1. The molecule has 0 aromatic heterocycles. The lowest BCUT2D eigenvalue weighted by Gasteiger charge is -2.27. The molecule has 0 unspecified atom stereocenters. The van der Waals surface area contributed by atoms with Gasteiger partial charge in [0, 0.05) is 24.6 Å². The minimum Gasteiger partial charge on any atom is -0.352 e. The molecule has 3 rings (SSSR count). The monoisotopic (exact) mass is 395 g/mol. The van der Waals surface area contributed by atoms with Crippen molar-refractivity contribution in [2.24, 2.45) is 0 Å². The topological polar surface area (TPSA) is 110 Å². The Bertz CT molecular complexity index is 936. The predicted octanol–water partition coefficient (Wildman–Crippen LogP) is 2.72. The standard InChI is InChI=1S/C21H21N3O5/c1-3-13(2)22-19(25)18(12-14-8-10-15(11-9-14)24(28)29)23-20(26)16-6-4-5-7-17(16)21(23)27/h4-11,13,18H,3,12H2,1-2H3,(H,22,25)/t13-,18-/m0/s1. The first-order chi connectivity index (χ1) is 13.8. The highest BCUT2D eigenvalue weighted by Gasteiger charge is 2.42. The van der Waals surface area contributed by atoms with Crippen LogP contribution in [-0.2, 0) is 11.2 Å². The second kappa shape index (κ2) is 8.22. The molecule has 0 bridgehead atoms. The summed E-state index contributed by atoms with van der Waals surface area (Å²) in [5.74, 6) is -1.47. The van der Waals surface area contributed by atoms with E-state index in [9.17, 15) is 24.5 Å². The number of nitrogens with one attached hydrogen (secondary N) is 1. The number of carbonyl (C=O) groups excluding carboxylic acids is 3. The second-order valence-corrected chi connectivity index (χ2v) is 6.99. The van der Waals surface area contributed by atoms with E-state index in [4.69, 9.17) is 0 Å². The summed E-state index contributed by atoms with van der Waals surface area (Å²) in [5, 5.41) is 13.7. The van der Waals surface area contributed by atoms with Crippen molar-refractivity contribution in [2.45, 2.75) is 38.8 Å². The molecule has 0 saturated heterocycles. The van der Waals surface area contributed by atoms with Crippen molar-refractivity contribution in [3.05, 3.63) is 75.3 Å². The zero-order chi connectivity index (χ0) is 21.1. The molecule has 0 spiro atoms. The molecule has 8 heteroatoms. The predicted molar refractivity (Wildman–Crippen MR) is 105 cm³/mol. The number of non-ortho nitro benzene ring substituents is 1. The van der Waals surface area contributed by atoms with Crippen LogP contribution in [0.25, 0.3) is 0 Å². The second-order valence-electron chi connectivity index (χ2n) is 6.99. The SMILES string of the molecule is CC[C@H](C)NC(=O)[C@H](Cc1ccc([N+](=O)[O-])cc1)N1C(=O)c2ccccc2C1=O. The number of fused-ring (bicyclic) bond motifs is 1. The summed E-state index contributed by atoms with van der Waals surface area (Å²) in [7, 11) is 0. The van der Waals surface area contributed by atoms with Crippen molar-refractivity contribution in [3.8, 4) is 0 Å². The Morgan fingerprint density at radius 1 is 1.07 bits per heavy atom. The maximum absolute atomic E-state index is 13.0. The molecule has 2 aromatic carbocycles. The number of nitrogens with zero attached hydrogens (tertiary/aromatic N) is 2. The van der Waals surface area contributed by atoms with E-state index < -0.39 is 28.7 Å². The van der Waals surface area contributed by atoms with E-state index in [2.05, 4.69) is 5.32 Å². The average molecular weight is 395 g/mol. The van der Waals surface area contributed by atoms with Crippen molar-refractivity contribution in [3.63, 3.8) is 0 Å². The fourth-order valence-corrected chi connectivity index (χ4v) is 3.21. The molecule has 0 saturated carbocycles. The third-order valence-electron chi connectivity index (χ3n) is 5.02. The molecule has 1 aliphatic heterocycles. The van der Waals surface area contributed by atoms with E-state index in [1.165, 1.54) is 24.3 Å². The van der Waals surface area contributed by atoms with Gasteiger partial charge in [0.2, 0.25) is 5.91 Å². The molecule has 150 valence electrons. The summed E-state index contributed by atoms with van der Waals surface area (Å²) in [6.07, 6.45) is 0.754. The number of hydrogen-bond donors (Lipinski definition) is 1. The highest BCUT2D eigenvalue weighted by molar-refractivity contribution is 6.22. The first-order valence-electron chi connectivity index (χ1n) is 9.34. The molecule has 8 nitrogen and oxygen atoms in total. The molecule has 1 N–H and O–H groups in total. The van der Waals surface area contributed by atoms with E-state index in [-0.39, 0.29) is 29.3 Å². The molecule has 2 aromatic rings. The summed E-state index contributed by atoms with van der Waals surface area (Å²) < 4.78 is 0. The normalized spacial score (nSPS) is 15.0. The first-order valence-corrected chi connectivity index (χ1v) is 9.34. The van der Waals surface area contributed by atoms with E-state index in [0.29, 0.717) is 12.0 Å². The molecule has 0 fully saturated rings. The van der Waals surface area contributed by atoms with Crippen LogP contribution in [0.15, 0.2) is 48.5 Å². The number of nitro groups is 1. The summed E-state index contributed by atoms with van der Waals surface area (Å²) in [6, 6.07) is 11.0. The Kier molecular flexibility index (Phi) is 5.72. The van der Waals surface area contributed by atoms with Crippen LogP contribution in [-0.4, -0.2) is 39.6 Å². The van der Waals surface area contributed by atoms with Gasteiger partial charge in [-0.1, -0.05) is 31.2 Å². The Morgan fingerprint density at radius 3 is 2.10 bits per heavy atom. The fraction of sp³-hybridized carbons (Fsp3) is 0.286. The van der Waals surface area contributed by atoms with E-state index >= 15 is 0 Å². The van der Waals surface area contributed by atoms with Crippen LogP contribution < -0.4 is 5.32 Å². The lowest BCUT2D eigenvalue weighted by Crippen LogP contribution is -2.52. The van der Waals surface area contributed by atoms with Gasteiger partial charge in [-0.3, -0.25) is 29.4 Å². The maximum Gasteiger partial charge on any atom is 0.269 e. The average Bonchev–Trinajstić information content (AvgIpc) is 2.97. The number of rotatable bonds is 7. The van der Waals surface area contributed by atoms with Gasteiger partial charge in [-0.2, -0.15) is 0 Å². The van der Waals surface area contributed by atoms with Gasteiger partial charge in [-0.15, -0.1) is 0 Å². The smallest absolute Gasteiger partial charge is 0.269 e. The number of nitro benzene ring substituents is 1. The van der Waals surface area contributed by atoms with Crippen LogP contribution in [0, 0.1) is 10.1 Å². The molecular formula is C21H21N3O5. The Hall–Kier alpha value is -3.55. The van der Waals surface area contributed by atoms with Crippen molar-refractivity contribution < 1.29 is 19.3 Å². The van der Waals surface area contributed by atoms with Crippen molar-refractivity contribution >= 4 is 23.4 Å². The van der Waals surface area contributed by atoms with Gasteiger partial charge < -0.3 is 5.32 Å². The summed E-state index contributed by atoms with van der Waals surface area (Å²) in [5.41, 5.74) is 1.07. The van der Waals surface area contributed by atoms with Crippen LogP contribution in [0.2, 0.25) is 0 Å². The lowest BCUT2D eigenvalue weighted by atomic mass is 10.0. The number of hydrogen-bond acceptors (Lipinski definition) is 5. The van der Waals surface area contributed by atoms with Gasteiger partial charge >= 0.3 is 0 Å². The van der Waals surface area contributed by atoms with Crippen LogP contribution in [0.1, 0.15) is 46.5 Å². The number of carbonyl (C=O) groups is 3. The van der Waals surface area contributed by atoms with Crippen molar-refractivity contribution in [1.82, 2.24) is 10.2 Å². The van der Waals surface area contributed by atoms with E-state index in [1.807, 2.05) is 13.8 Å². The van der Waals surface area contributed by atoms with Gasteiger partial charge in [0.15, 0.2) is 0 Å². The minimum atomic E-state index is -1.06. The summed E-state index contributed by atoms with van der Waals surface area (Å²) >= 11 is 0. The van der Waals surface area contributed by atoms with E-state index in [0.717, 1.165) is 4.90 Å². The Morgan fingerprint density at radius 2 is 1.62 bits per heavy atom. The molecule has 0 radical (unpaired) electrons. The number of amides is 3. The third kappa shape index (κ3) is 4.01. The number of benzene rings is 2. The zero-order valence-corrected chi connectivity index (χ0v) is 16.1. The van der Waals surface area contributed by atoms with Crippen molar-refractivity contribution in [2.75, 3.05) is 0 Å². The van der Waals surface area contributed by atoms with Crippen LogP contribution >= 0.6 is 0 Å². The molecule has 29 heavy (non-hydrogen) atoms. The first kappa shape index (κ1) is 20.2. The maximum atomic E-state index is 13.0. The van der Waals surface area contributed by atoms with Gasteiger partial charge in [-0.25, -0.2) is 0 Å². The van der Waals surface area contributed by atoms with Crippen molar-refractivity contribution in [1.29, 1.82) is 0 Å². The number of imide groups is 1. The molecule has 2 atom stereocenters. The van der Waals surface area contributed by atoms with Gasteiger partial charge in [0.05, 0.1) is 16.1 Å². The quantitative estimate of drug-likeness (QED) is 0.440. The van der Waals surface area contributed by atoms with Gasteiger partial charge in [-0.05, 0) is 31.0 Å². The largest absolute Gasteiger partial charge is 0.352 e. The molecule has 1 heterocycles. The molecule has 0 aliphatic carbocycles. The van der Waals surface area contributed by atoms with E-state index in [1.54, 1.807) is 24.3 Å². The Labute approximate surface area is 167 Å². The molecular weight excluding hydrogens is 374 g/mol. The summed E-state index contributed by atoms with van der Waals surface area (Å²) in [6.45, 7) is 3.75. The van der Waals surface area contributed by atoms with Gasteiger partial charge in [0.1, 0.15) is 6.04 Å². The van der Waals surface area contributed by atoms with Crippen LogP contribution in [0.3, 0.4) is 0 Å². The lowest BCUT2D eigenvalue weighted by molar-refractivity contribution is -0.384. The molecule has 3 amide bonds. The third-order valence-corrected chi connectivity index (χ3v) is 5.02. The Balaban J connectivity index is 1.93. The summed E-state index contributed by atoms with van der Waals surface area (Å²) in [4.78, 5) is 50.1. The molecule has 1 aliphatic rings. The highest BCUT2D eigenvalue weighted by Crippen LogP contribution is 2.26. The highest BCUT2D eigenvalue weighted by atomic mass is 16.6.